The number of rotatable bonds is 0. The molecule has 1 rings (SSSR count). The highest BCUT2D eigenvalue weighted by molar-refractivity contribution is 7.16. The van der Waals surface area contributed by atoms with Crippen LogP contribution in [0.15, 0.2) is 0 Å². The molecule has 0 aromatic rings. The highest BCUT2D eigenvalue weighted by atomic mass is 31.0. The molecule has 0 saturated carbocycles. The fourth-order valence-corrected chi connectivity index (χ4v) is 0.778. The Morgan fingerprint density at radius 2 is 1.86 bits per heavy atom. The van der Waals surface area contributed by atoms with Gasteiger partial charge in [0.15, 0.2) is 6.03 Å². The fourth-order valence-electron chi connectivity index (χ4n) is 0.506. The molecule has 0 bridgehead atoms. The average molecular weight is 120 g/mol. The lowest BCUT2D eigenvalue weighted by Crippen LogP contribution is -2.18. The molecule has 1 fully saturated rings. The lowest BCUT2D eigenvalue weighted by molar-refractivity contribution is -0.124. The van der Waals surface area contributed by atoms with E-state index in [1.165, 1.54) is 0 Å². The molecular formula is C4H9O2P. The summed E-state index contributed by atoms with van der Waals surface area (Å²) in [7, 11) is 2.46. The summed E-state index contributed by atoms with van der Waals surface area (Å²) in [6.07, 6.45) is 1.03. The van der Waals surface area contributed by atoms with Crippen LogP contribution in [0.2, 0.25) is 0 Å². The van der Waals surface area contributed by atoms with E-state index in [1.54, 1.807) is 0 Å². The van der Waals surface area contributed by atoms with Crippen LogP contribution in [0, 0.1) is 0 Å². The van der Waals surface area contributed by atoms with Crippen LogP contribution in [-0.2, 0) is 9.47 Å². The van der Waals surface area contributed by atoms with Crippen molar-refractivity contribution in [1.29, 1.82) is 0 Å². The van der Waals surface area contributed by atoms with Crippen LogP contribution in [-0.4, -0.2) is 19.2 Å². The Kier molecular flexibility index (Phi) is 2.04. The minimum absolute atomic E-state index is 0.0475. The standard InChI is InChI=1S/C4H9O2P/c7-4-5-2-1-3-6-4/h4H,1-3,7H2. The van der Waals surface area contributed by atoms with Crippen molar-refractivity contribution < 1.29 is 9.47 Å². The van der Waals surface area contributed by atoms with E-state index in [4.69, 9.17) is 9.47 Å². The zero-order chi connectivity index (χ0) is 5.11. The minimum atomic E-state index is -0.0475. The van der Waals surface area contributed by atoms with Gasteiger partial charge in [-0.25, -0.2) is 0 Å². The maximum atomic E-state index is 5.02. The minimum Gasteiger partial charge on any atom is -0.349 e. The molecule has 1 atom stereocenters. The monoisotopic (exact) mass is 120 g/mol. The van der Waals surface area contributed by atoms with E-state index < -0.39 is 0 Å². The molecule has 0 N–H and O–H groups in total. The molecule has 0 radical (unpaired) electrons. The number of ether oxygens (including phenoxy) is 2. The third-order valence-electron chi connectivity index (χ3n) is 0.853. The van der Waals surface area contributed by atoms with Crippen molar-refractivity contribution in [1.82, 2.24) is 0 Å². The smallest absolute Gasteiger partial charge is 0.170 e. The Morgan fingerprint density at radius 3 is 2.14 bits per heavy atom. The molecule has 3 heteroatoms. The second-order valence-corrected chi connectivity index (χ2v) is 2.01. The highest BCUT2D eigenvalue weighted by Gasteiger charge is 2.05. The Bertz CT molecular complexity index is 51.7. The average Bonchev–Trinajstić information content (AvgIpc) is 1.69. The van der Waals surface area contributed by atoms with Crippen LogP contribution < -0.4 is 0 Å². The summed E-state index contributed by atoms with van der Waals surface area (Å²) in [5, 5.41) is 0. The molecule has 0 aromatic carbocycles. The molecule has 1 aliphatic rings. The maximum Gasteiger partial charge on any atom is 0.170 e. The molecule has 7 heavy (non-hydrogen) atoms. The first-order valence-electron chi connectivity index (χ1n) is 2.38. The van der Waals surface area contributed by atoms with Crippen LogP contribution in [0.4, 0.5) is 0 Å². The zero-order valence-electron chi connectivity index (χ0n) is 4.09. The summed E-state index contributed by atoms with van der Waals surface area (Å²) in [6, 6.07) is -0.0475. The molecule has 1 heterocycles. The summed E-state index contributed by atoms with van der Waals surface area (Å²) in [4.78, 5) is 0. The molecular weight excluding hydrogens is 111 g/mol. The van der Waals surface area contributed by atoms with E-state index >= 15 is 0 Å². The first-order valence-corrected chi connectivity index (χ1v) is 3.05. The van der Waals surface area contributed by atoms with Crippen molar-refractivity contribution >= 4 is 9.24 Å². The van der Waals surface area contributed by atoms with E-state index in [1.807, 2.05) is 0 Å². The van der Waals surface area contributed by atoms with Crippen molar-refractivity contribution in [3.63, 3.8) is 0 Å². The van der Waals surface area contributed by atoms with E-state index in [0.717, 1.165) is 19.6 Å². The predicted molar refractivity (Wildman–Crippen MR) is 30.0 cm³/mol. The van der Waals surface area contributed by atoms with Crippen LogP contribution in [0.1, 0.15) is 6.42 Å². The van der Waals surface area contributed by atoms with E-state index in [-0.39, 0.29) is 6.03 Å². The van der Waals surface area contributed by atoms with E-state index in [9.17, 15) is 0 Å². The topological polar surface area (TPSA) is 18.5 Å². The third-order valence-corrected chi connectivity index (χ3v) is 1.24. The SMILES string of the molecule is PC1OCCCO1. The molecule has 42 valence electrons. The fraction of sp³-hybridized carbons (Fsp3) is 1.00. The van der Waals surface area contributed by atoms with Gasteiger partial charge in [0.05, 0.1) is 13.2 Å². The Labute approximate surface area is 45.4 Å². The molecule has 0 aliphatic carbocycles. The quantitative estimate of drug-likeness (QED) is 0.435. The van der Waals surface area contributed by atoms with Crippen LogP contribution in [0.3, 0.4) is 0 Å². The van der Waals surface area contributed by atoms with Gasteiger partial charge in [-0.1, -0.05) is 9.24 Å². The third kappa shape index (κ3) is 1.72. The Balaban J connectivity index is 2.12. The van der Waals surface area contributed by atoms with Crippen LogP contribution >= 0.6 is 9.24 Å². The summed E-state index contributed by atoms with van der Waals surface area (Å²) in [5.41, 5.74) is 0. The summed E-state index contributed by atoms with van der Waals surface area (Å²) < 4.78 is 10.0. The van der Waals surface area contributed by atoms with Gasteiger partial charge >= 0.3 is 0 Å². The van der Waals surface area contributed by atoms with E-state index in [0.29, 0.717) is 0 Å². The van der Waals surface area contributed by atoms with Gasteiger partial charge in [0, 0.05) is 0 Å². The van der Waals surface area contributed by atoms with Gasteiger partial charge in [-0.05, 0) is 6.42 Å². The summed E-state index contributed by atoms with van der Waals surface area (Å²) in [5.74, 6) is 0. The molecule has 0 amide bonds. The van der Waals surface area contributed by atoms with Gasteiger partial charge in [-0.3, -0.25) is 0 Å². The molecule has 2 nitrogen and oxygen atoms in total. The Morgan fingerprint density at radius 1 is 1.29 bits per heavy atom. The predicted octanol–water partition coefficient (Wildman–Crippen LogP) is 0.582. The number of hydrogen-bond acceptors (Lipinski definition) is 2. The van der Waals surface area contributed by atoms with Crippen molar-refractivity contribution in [2.75, 3.05) is 13.2 Å². The van der Waals surface area contributed by atoms with Crippen molar-refractivity contribution in [2.45, 2.75) is 12.5 Å². The van der Waals surface area contributed by atoms with Gasteiger partial charge in [-0.15, -0.1) is 0 Å². The largest absolute Gasteiger partial charge is 0.349 e. The lowest BCUT2D eigenvalue weighted by atomic mass is 10.5. The van der Waals surface area contributed by atoms with Crippen LogP contribution in [0.25, 0.3) is 0 Å². The van der Waals surface area contributed by atoms with Gasteiger partial charge in [0.25, 0.3) is 0 Å². The van der Waals surface area contributed by atoms with Gasteiger partial charge < -0.3 is 9.47 Å². The second-order valence-electron chi connectivity index (χ2n) is 1.46. The summed E-state index contributed by atoms with van der Waals surface area (Å²) in [6.45, 7) is 1.68. The van der Waals surface area contributed by atoms with Crippen molar-refractivity contribution in [3.8, 4) is 0 Å². The van der Waals surface area contributed by atoms with Gasteiger partial charge in [0.2, 0.25) is 0 Å². The lowest BCUT2D eigenvalue weighted by Gasteiger charge is -2.18. The van der Waals surface area contributed by atoms with Crippen LogP contribution in [0.5, 0.6) is 0 Å². The molecule has 0 aromatic heterocycles. The molecule has 1 saturated heterocycles. The van der Waals surface area contributed by atoms with Crippen molar-refractivity contribution in [2.24, 2.45) is 0 Å². The second kappa shape index (κ2) is 2.61. The first kappa shape index (κ1) is 5.49. The van der Waals surface area contributed by atoms with E-state index in [2.05, 4.69) is 9.24 Å². The Hall–Kier alpha value is 0.350. The normalized spacial score (nSPS) is 25.3. The first-order chi connectivity index (χ1) is 3.39. The highest BCUT2D eigenvalue weighted by Crippen LogP contribution is 2.09. The van der Waals surface area contributed by atoms with Gasteiger partial charge in [-0.2, -0.15) is 0 Å². The number of hydrogen-bond donors (Lipinski definition) is 0. The molecule has 0 spiro atoms. The zero-order valence-corrected chi connectivity index (χ0v) is 5.25. The summed E-state index contributed by atoms with van der Waals surface area (Å²) >= 11 is 0. The van der Waals surface area contributed by atoms with Crippen molar-refractivity contribution in [3.05, 3.63) is 0 Å². The van der Waals surface area contributed by atoms with Gasteiger partial charge in [0.1, 0.15) is 0 Å². The molecule has 1 unspecified atom stereocenters. The molecule has 1 aliphatic heterocycles. The maximum absolute atomic E-state index is 5.02.